The highest BCUT2D eigenvalue weighted by molar-refractivity contribution is 9.10. The van der Waals surface area contributed by atoms with Crippen molar-refractivity contribution in [1.82, 2.24) is 9.97 Å². The molecule has 0 aliphatic heterocycles. The van der Waals surface area contributed by atoms with Crippen molar-refractivity contribution in [2.45, 2.75) is 32.8 Å². The number of ether oxygens (including phenoxy) is 1. The van der Waals surface area contributed by atoms with Crippen LogP contribution in [0.3, 0.4) is 0 Å². The van der Waals surface area contributed by atoms with E-state index in [1.54, 1.807) is 7.11 Å². The normalized spacial score (nSPS) is 12.8. The number of aromatic nitrogens is 2. The Hall–Kier alpha value is -0.260. The van der Waals surface area contributed by atoms with E-state index in [4.69, 9.17) is 17.0 Å². The number of hydrogen-bond donors (Lipinski definition) is 1. The molecule has 1 aromatic rings. The molecule has 5 heteroatoms. The highest BCUT2D eigenvalue weighted by Gasteiger charge is 2.13. The number of aromatic amines is 1. The van der Waals surface area contributed by atoms with Gasteiger partial charge in [0.2, 0.25) is 0 Å². The first-order valence-corrected chi connectivity index (χ1v) is 6.09. The number of hydrogen-bond acceptors (Lipinski definition) is 3. The standard InChI is InChI=1S/C10H15BrN2OS/c1-4-5-7(14-3)9-12-6(2)8(11)10(15)13-9/h7H,4-5H2,1-3H3,(H,12,13,15). The van der Waals surface area contributed by atoms with Crippen molar-refractivity contribution in [3.8, 4) is 0 Å². The highest BCUT2D eigenvalue weighted by Crippen LogP contribution is 2.22. The molecule has 3 nitrogen and oxygen atoms in total. The first-order chi connectivity index (χ1) is 7.10. The second-order valence-corrected chi connectivity index (χ2v) is 4.56. The Kier molecular flexibility index (Phi) is 4.89. The van der Waals surface area contributed by atoms with E-state index in [9.17, 15) is 0 Å². The fourth-order valence-corrected chi connectivity index (χ4v) is 1.81. The second-order valence-electron chi connectivity index (χ2n) is 3.38. The van der Waals surface area contributed by atoms with Crippen molar-refractivity contribution in [3.05, 3.63) is 20.6 Å². The van der Waals surface area contributed by atoms with Crippen LogP contribution in [-0.4, -0.2) is 17.1 Å². The van der Waals surface area contributed by atoms with Crippen molar-refractivity contribution in [1.29, 1.82) is 0 Å². The van der Waals surface area contributed by atoms with Gasteiger partial charge in [-0.1, -0.05) is 25.6 Å². The summed E-state index contributed by atoms with van der Waals surface area (Å²) in [5.41, 5.74) is 0.989. The molecule has 0 bridgehead atoms. The van der Waals surface area contributed by atoms with E-state index in [0.29, 0.717) is 4.64 Å². The summed E-state index contributed by atoms with van der Waals surface area (Å²) in [6.45, 7) is 4.08. The minimum absolute atomic E-state index is 0.00324. The summed E-state index contributed by atoms with van der Waals surface area (Å²) < 4.78 is 6.81. The maximum atomic E-state index is 5.37. The molecule has 84 valence electrons. The average molecular weight is 291 g/mol. The molecule has 1 rings (SSSR count). The van der Waals surface area contributed by atoms with Crippen LogP contribution in [0, 0.1) is 11.6 Å². The molecule has 0 saturated carbocycles. The Morgan fingerprint density at radius 1 is 1.60 bits per heavy atom. The second kappa shape index (κ2) is 5.72. The quantitative estimate of drug-likeness (QED) is 0.860. The molecular weight excluding hydrogens is 276 g/mol. The van der Waals surface area contributed by atoms with E-state index >= 15 is 0 Å². The molecule has 1 N–H and O–H groups in total. The predicted molar refractivity (Wildman–Crippen MR) is 66.5 cm³/mol. The molecule has 0 amide bonds. The van der Waals surface area contributed by atoms with Crippen molar-refractivity contribution in [2.24, 2.45) is 0 Å². The third-order valence-electron chi connectivity index (χ3n) is 2.19. The smallest absolute Gasteiger partial charge is 0.144 e. The Morgan fingerprint density at radius 3 is 2.73 bits per heavy atom. The van der Waals surface area contributed by atoms with E-state index in [1.807, 2.05) is 6.92 Å². The predicted octanol–water partition coefficient (Wildman–Crippen LogP) is 3.70. The van der Waals surface area contributed by atoms with Gasteiger partial charge >= 0.3 is 0 Å². The number of aryl methyl sites for hydroxylation is 1. The lowest BCUT2D eigenvalue weighted by Crippen LogP contribution is -2.08. The van der Waals surface area contributed by atoms with Crippen LogP contribution in [0.2, 0.25) is 0 Å². The summed E-state index contributed by atoms with van der Waals surface area (Å²) in [7, 11) is 1.69. The minimum atomic E-state index is 0.00324. The van der Waals surface area contributed by atoms with Crippen LogP contribution in [-0.2, 0) is 4.74 Å². The third-order valence-corrected chi connectivity index (χ3v) is 3.72. The molecule has 0 spiro atoms. The van der Waals surface area contributed by atoms with Crippen LogP contribution >= 0.6 is 28.1 Å². The first kappa shape index (κ1) is 12.8. The van der Waals surface area contributed by atoms with Gasteiger partial charge in [-0.3, -0.25) is 0 Å². The summed E-state index contributed by atoms with van der Waals surface area (Å²) in [6, 6.07) is 0. The van der Waals surface area contributed by atoms with Gasteiger partial charge in [-0.2, -0.15) is 0 Å². The zero-order valence-corrected chi connectivity index (χ0v) is 11.5. The summed E-state index contributed by atoms with van der Waals surface area (Å²) in [5, 5.41) is 0. The summed E-state index contributed by atoms with van der Waals surface area (Å²) in [5.74, 6) is 0.810. The van der Waals surface area contributed by atoms with Gasteiger partial charge in [-0.25, -0.2) is 4.98 Å². The molecule has 1 atom stereocenters. The van der Waals surface area contributed by atoms with E-state index in [0.717, 1.165) is 28.8 Å². The fourth-order valence-electron chi connectivity index (χ4n) is 1.37. The molecule has 1 heterocycles. The van der Waals surface area contributed by atoms with Gasteiger partial charge in [-0.15, -0.1) is 0 Å². The van der Waals surface area contributed by atoms with E-state index in [2.05, 4.69) is 32.8 Å². The lowest BCUT2D eigenvalue weighted by Gasteiger charge is -2.14. The Labute approximate surface area is 103 Å². The Bertz CT molecular complexity index is 391. The van der Waals surface area contributed by atoms with Gasteiger partial charge in [0.25, 0.3) is 0 Å². The zero-order chi connectivity index (χ0) is 11.4. The summed E-state index contributed by atoms with van der Waals surface area (Å²) >= 11 is 8.53. The zero-order valence-electron chi connectivity index (χ0n) is 9.13. The van der Waals surface area contributed by atoms with Crippen molar-refractivity contribution >= 4 is 28.1 Å². The lowest BCUT2D eigenvalue weighted by atomic mass is 10.2. The Balaban J connectivity index is 3.09. The average Bonchev–Trinajstić information content (AvgIpc) is 2.22. The van der Waals surface area contributed by atoms with Crippen LogP contribution in [0.4, 0.5) is 0 Å². The van der Waals surface area contributed by atoms with Crippen LogP contribution in [0.1, 0.15) is 37.4 Å². The van der Waals surface area contributed by atoms with E-state index < -0.39 is 0 Å². The molecule has 0 aliphatic rings. The van der Waals surface area contributed by atoms with Gasteiger partial charge in [0, 0.05) is 12.8 Å². The van der Waals surface area contributed by atoms with Crippen molar-refractivity contribution in [2.75, 3.05) is 7.11 Å². The van der Waals surface area contributed by atoms with Gasteiger partial charge in [0.1, 0.15) is 16.6 Å². The molecule has 0 aromatic carbocycles. The third kappa shape index (κ3) is 3.09. The number of nitrogens with one attached hydrogen (secondary N) is 1. The van der Waals surface area contributed by atoms with E-state index in [-0.39, 0.29) is 6.10 Å². The fraction of sp³-hybridized carbons (Fsp3) is 0.600. The highest BCUT2D eigenvalue weighted by atomic mass is 79.9. The monoisotopic (exact) mass is 290 g/mol. The largest absolute Gasteiger partial charge is 0.374 e. The SMILES string of the molecule is CCCC(OC)c1nc(=S)c(Br)c(C)[nH]1. The molecule has 1 aromatic heterocycles. The van der Waals surface area contributed by atoms with Crippen LogP contribution in [0.5, 0.6) is 0 Å². The number of rotatable bonds is 4. The Morgan fingerprint density at radius 2 is 2.27 bits per heavy atom. The van der Waals surface area contributed by atoms with Gasteiger partial charge < -0.3 is 9.72 Å². The number of H-pyrrole nitrogens is 1. The summed E-state index contributed by atoms with van der Waals surface area (Å²) in [4.78, 5) is 7.51. The maximum absolute atomic E-state index is 5.37. The molecule has 1 unspecified atom stereocenters. The van der Waals surface area contributed by atoms with Crippen molar-refractivity contribution in [3.63, 3.8) is 0 Å². The molecule has 15 heavy (non-hydrogen) atoms. The minimum Gasteiger partial charge on any atom is -0.374 e. The number of methoxy groups -OCH3 is 1. The molecule has 0 radical (unpaired) electrons. The van der Waals surface area contributed by atoms with Gasteiger partial charge in [0.05, 0.1) is 4.47 Å². The van der Waals surface area contributed by atoms with Gasteiger partial charge in [0.15, 0.2) is 0 Å². The lowest BCUT2D eigenvalue weighted by molar-refractivity contribution is 0.0873. The van der Waals surface area contributed by atoms with Crippen molar-refractivity contribution < 1.29 is 4.74 Å². The van der Waals surface area contributed by atoms with Crippen LogP contribution < -0.4 is 0 Å². The molecule has 0 fully saturated rings. The first-order valence-electron chi connectivity index (χ1n) is 4.89. The molecular formula is C10H15BrN2OS. The summed E-state index contributed by atoms with van der Waals surface area (Å²) in [6.07, 6.45) is 2.00. The maximum Gasteiger partial charge on any atom is 0.144 e. The molecule has 0 aliphatic carbocycles. The number of halogens is 1. The molecule has 0 saturated heterocycles. The van der Waals surface area contributed by atoms with Gasteiger partial charge in [-0.05, 0) is 29.3 Å². The van der Waals surface area contributed by atoms with Crippen LogP contribution in [0.25, 0.3) is 0 Å². The van der Waals surface area contributed by atoms with E-state index in [1.165, 1.54) is 0 Å². The van der Waals surface area contributed by atoms with Crippen LogP contribution in [0.15, 0.2) is 4.47 Å². The number of nitrogens with zero attached hydrogens (tertiary/aromatic N) is 1. The topological polar surface area (TPSA) is 37.9 Å².